The van der Waals surface area contributed by atoms with E-state index in [0.29, 0.717) is 27.4 Å². The van der Waals surface area contributed by atoms with Crippen LogP contribution in [0.4, 0.5) is 0 Å². The highest BCUT2D eigenvalue weighted by molar-refractivity contribution is 6.30. The van der Waals surface area contributed by atoms with Gasteiger partial charge in [-0.1, -0.05) is 47.5 Å². The highest BCUT2D eigenvalue weighted by atomic mass is 35.5. The van der Waals surface area contributed by atoms with Crippen molar-refractivity contribution in [3.63, 3.8) is 0 Å². The van der Waals surface area contributed by atoms with Crippen molar-refractivity contribution in [2.45, 2.75) is 6.92 Å². The predicted molar refractivity (Wildman–Crippen MR) is 101 cm³/mol. The van der Waals surface area contributed by atoms with Crippen LogP contribution < -0.4 is 0 Å². The molecule has 0 fully saturated rings. The highest BCUT2D eigenvalue weighted by Crippen LogP contribution is 2.32. The van der Waals surface area contributed by atoms with Crippen molar-refractivity contribution in [3.8, 4) is 22.5 Å². The van der Waals surface area contributed by atoms with Gasteiger partial charge in [-0.2, -0.15) is 5.10 Å². The Bertz CT molecular complexity index is 1130. The van der Waals surface area contributed by atoms with Crippen molar-refractivity contribution < 1.29 is 9.90 Å². The minimum Gasteiger partial charge on any atom is -0.478 e. The van der Waals surface area contributed by atoms with E-state index < -0.39 is 5.97 Å². The second-order valence-corrected chi connectivity index (χ2v) is 6.47. The van der Waals surface area contributed by atoms with E-state index in [1.54, 1.807) is 18.2 Å². The number of rotatable bonds is 3. The maximum atomic E-state index is 11.9. The number of nitrogens with one attached hydrogen (secondary N) is 1. The van der Waals surface area contributed by atoms with Crippen LogP contribution in [-0.2, 0) is 0 Å². The third-order valence-electron chi connectivity index (χ3n) is 4.20. The van der Waals surface area contributed by atoms with Gasteiger partial charge in [0.1, 0.15) is 0 Å². The average Bonchev–Trinajstić information content (AvgIpc) is 3.05. The van der Waals surface area contributed by atoms with Crippen LogP contribution in [0, 0.1) is 6.92 Å². The van der Waals surface area contributed by atoms with E-state index >= 15 is 0 Å². The number of carbonyl (C=O) groups is 1. The lowest BCUT2D eigenvalue weighted by Gasteiger charge is -2.06. The molecule has 0 aliphatic heterocycles. The van der Waals surface area contributed by atoms with Gasteiger partial charge in [0.15, 0.2) is 5.65 Å². The van der Waals surface area contributed by atoms with Gasteiger partial charge in [0.05, 0.1) is 22.3 Å². The molecule has 0 saturated heterocycles. The summed E-state index contributed by atoms with van der Waals surface area (Å²) in [5.74, 6) is -1.03. The van der Waals surface area contributed by atoms with Crippen LogP contribution in [0.25, 0.3) is 33.5 Å². The molecule has 2 aromatic carbocycles. The zero-order chi connectivity index (χ0) is 18.3. The molecule has 0 spiro atoms. The third kappa shape index (κ3) is 2.82. The number of aromatic nitrogens is 3. The zero-order valence-corrected chi connectivity index (χ0v) is 14.6. The van der Waals surface area contributed by atoms with Gasteiger partial charge in [0.25, 0.3) is 0 Å². The summed E-state index contributed by atoms with van der Waals surface area (Å²) < 4.78 is 0. The van der Waals surface area contributed by atoms with Crippen molar-refractivity contribution in [3.05, 3.63) is 70.7 Å². The molecule has 128 valence electrons. The topological polar surface area (TPSA) is 78.9 Å². The summed E-state index contributed by atoms with van der Waals surface area (Å²) in [4.78, 5) is 16.5. The molecule has 4 aromatic rings. The molecule has 0 amide bonds. The first-order valence-corrected chi connectivity index (χ1v) is 8.36. The first kappa shape index (κ1) is 16.3. The smallest absolute Gasteiger partial charge is 0.336 e. The van der Waals surface area contributed by atoms with E-state index in [1.807, 2.05) is 43.3 Å². The number of aryl methyl sites for hydroxylation is 1. The number of aromatic carboxylic acids is 1. The first-order valence-electron chi connectivity index (χ1n) is 7.98. The van der Waals surface area contributed by atoms with Crippen molar-refractivity contribution >= 4 is 28.6 Å². The number of aromatic amines is 1. The summed E-state index contributed by atoms with van der Waals surface area (Å²) in [6.45, 7) is 1.98. The van der Waals surface area contributed by atoms with E-state index in [-0.39, 0.29) is 5.56 Å². The molecular weight excluding hydrogens is 350 g/mol. The quantitative estimate of drug-likeness (QED) is 0.539. The third-order valence-corrected chi connectivity index (χ3v) is 4.45. The van der Waals surface area contributed by atoms with Crippen LogP contribution in [0.15, 0.2) is 54.6 Å². The number of benzene rings is 2. The molecule has 2 heterocycles. The Labute approximate surface area is 154 Å². The summed E-state index contributed by atoms with van der Waals surface area (Å²) in [6, 6.07) is 16.5. The number of nitrogens with zero attached hydrogens (tertiary/aromatic N) is 2. The number of hydrogen-bond donors (Lipinski definition) is 2. The van der Waals surface area contributed by atoms with Gasteiger partial charge in [0.2, 0.25) is 0 Å². The molecule has 0 bridgehead atoms. The van der Waals surface area contributed by atoms with Crippen LogP contribution >= 0.6 is 11.6 Å². The monoisotopic (exact) mass is 363 g/mol. The van der Waals surface area contributed by atoms with E-state index in [4.69, 9.17) is 11.6 Å². The van der Waals surface area contributed by atoms with Crippen LogP contribution in [0.5, 0.6) is 0 Å². The van der Waals surface area contributed by atoms with Gasteiger partial charge in [-0.05, 0) is 31.2 Å². The molecule has 2 N–H and O–H groups in total. The number of carboxylic acid groups (broad SMARTS) is 1. The molecular formula is C20H14ClN3O2. The lowest BCUT2D eigenvalue weighted by atomic mass is 10.0. The van der Waals surface area contributed by atoms with Gasteiger partial charge in [-0.3, -0.25) is 5.10 Å². The van der Waals surface area contributed by atoms with Gasteiger partial charge in [0, 0.05) is 16.1 Å². The predicted octanol–water partition coefficient (Wildman–Crippen LogP) is 4.95. The number of pyridine rings is 1. The van der Waals surface area contributed by atoms with Crippen LogP contribution in [-0.4, -0.2) is 26.3 Å². The van der Waals surface area contributed by atoms with E-state index in [9.17, 15) is 9.90 Å². The maximum absolute atomic E-state index is 11.9. The summed E-state index contributed by atoms with van der Waals surface area (Å²) in [5, 5.41) is 18.0. The summed E-state index contributed by atoms with van der Waals surface area (Å²) in [6.07, 6.45) is 0. The lowest BCUT2D eigenvalue weighted by Crippen LogP contribution is -2.00. The second-order valence-electron chi connectivity index (χ2n) is 6.03. The Morgan fingerprint density at radius 1 is 1.08 bits per heavy atom. The molecule has 0 atom stereocenters. The standard InChI is InChI=1S/C20H14ClN3O2/c1-11-3-2-4-13(9-11)16-10-15(20(25)26)17-18(23-24-19(17)22-16)12-5-7-14(21)8-6-12/h2-10H,1H3,(H,25,26)(H,22,23,24). The molecule has 0 saturated carbocycles. The molecule has 0 unspecified atom stereocenters. The van der Waals surface area contributed by atoms with Crippen LogP contribution in [0.1, 0.15) is 15.9 Å². The summed E-state index contributed by atoms with van der Waals surface area (Å²) in [7, 11) is 0. The minimum atomic E-state index is -1.03. The Morgan fingerprint density at radius 2 is 1.85 bits per heavy atom. The molecule has 5 nitrogen and oxygen atoms in total. The van der Waals surface area contributed by atoms with Gasteiger partial charge >= 0.3 is 5.97 Å². The number of halogens is 1. The fourth-order valence-corrected chi connectivity index (χ4v) is 3.10. The minimum absolute atomic E-state index is 0.158. The number of carboxylic acids is 1. The lowest BCUT2D eigenvalue weighted by molar-refractivity contribution is 0.0699. The van der Waals surface area contributed by atoms with Crippen molar-refractivity contribution in [1.82, 2.24) is 15.2 Å². The van der Waals surface area contributed by atoms with Crippen molar-refractivity contribution in [2.75, 3.05) is 0 Å². The number of hydrogen-bond acceptors (Lipinski definition) is 3. The normalized spacial score (nSPS) is 11.0. The summed E-state index contributed by atoms with van der Waals surface area (Å²) in [5.41, 5.74) is 4.43. The van der Waals surface area contributed by atoms with Crippen molar-refractivity contribution in [1.29, 1.82) is 0 Å². The van der Waals surface area contributed by atoms with E-state index in [2.05, 4.69) is 15.2 Å². The average molecular weight is 364 g/mol. The number of H-pyrrole nitrogens is 1. The number of fused-ring (bicyclic) bond motifs is 1. The molecule has 0 aliphatic rings. The van der Waals surface area contributed by atoms with Gasteiger partial charge in [-0.15, -0.1) is 0 Å². The molecule has 0 aliphatic carbocycles. The summed E-state index contributed by atoms with van der Waals surface area (Å²) >= 11 is 5.94. The SMILES string of the molecule is Cc1cccc(-c2cc(C(=O)O)c3c(-c4ccc(Cl)cc4)[nH]nc3n2)c1. The Balaban J connectivity index is 1.96. The van der Waals surface area contributed by atoms with E-state index in [1.165, 1.54) is 0 Å². The highest BCUT2D eigenvalue weighted by Gasteiger charge is 2.19. The van der Waals surface area contributed by atoms with Crippen LogP contribution in [0.2, 0.25) is 5.02 Å². The van der Waals surface area contributed by atoms with Gasteiger partial charge in [-0.25, -0.2) is 9.78 Å². The molecule has 2 aromatic heterocycles. The Hall–Kier alpha value is -3.18. The van der Waals surface area contributed by atoms with Crippen molar-refractivity contribution in [2.24, 2.45) is 0 Å². The largest absolute Gasteiger partial charge is 0.478 e. The molecule has 6 heteroatoms. The van der Waals surface area contributed by atoms with E-state index in [0.717, 1.165) is 16.7 Å². The zero-order valence-electron chi connectivity index (χ0n) is 13.8. The second kappa shape index (κ2) is 6.28. The Kier molecular flexibility index (Phi) is 3.93. The van der Waals surface area contributed by atoms with Crippen LogP contribution in [0.3, 0.4) is 0 Å². The fraction of sp³-hybridized carbons (Fsp3) is 0.0500. The first-order chi connectivity index (χ1) is 12.5. The molecule has 4 rings (SSSR count). The molecule has 26 heavy (non-hydrogen) atoms. The van der Waals surface area contributed by atoms with Gasteiger partial charge < -0.3 is 5.11 Å². The Morgan fingerprint density at radius 3 is 2.54 bits per heavy atom. The maximum Gasteiger partial charge on any atom is 0.336 e. The fourth-order valence-electron chi connectivity index (χ4n) is 2.97. The molecule has 0 radical (unpaired) electrons.